The van der Waals surface area contributed by atoms with Gasteiger partial charge in [-0.1, -0.05) is 17.3 Å². The minimum absolute atomic E-state index is 0.606. The highest BCUT2D eigenvalue weighted by atomic mass is 16.6. The fourth-order valence-electron chi connectivity index (χ4n) is 2.66. The van der Waals surface area contributed by atoms with Gasteiger partial charge in [-0.25, -0.2) is 0 Å². The van der Waals surface area contributed by atoms with Crippen molar-refractivity contribution in [1.82, 2.24) is 4.90 Å². The van der Waals surface area contributed by atoms with Crippen molar-refractivity contribution >= 4 is 11.4 Å². The third-order valence-electron chi connectivity index (χ3n) is 3.91. The van der Waals surface area contributed by atoms with Crippen LogP contribution in [-0.4, -0.2) is 43.4 Å². The smallest absolute Gasteiger partial charge is 0.122 e. The maximum Gasteiger partial charge on any atom is 0.122 e. The standard InChI is InChI=1S/C15H21N3O/c1-18-9-6-14(7-10-18)16-13-4-2-12(3-5-13)15-8-11-19-17-15/h2-5,14,16H,6-11H2,1H3. The lowest BCUT2D eigenvalue weighted by atomic mass is 10.0. The third-order valence-corrected chi connectivity index (χ3v) is 3.91. The van der Waals surface area contributed by atoms with Gasteiger partial charge in [0, 0.05) is 18.2 Å². The second-order valence-corrected chi connectivity index (χ2v) is 5.42. The molecular formula is C15H21N3O. The second kappa shape index (κ2) is 5.61. The van der Waals surface area contributed by atoms with Gasteiger partial charge in [-0.15, -0.1) is 0 Å². The van der Waals surface area contributed by atoms with Crippen LogP contribution in [0.15, 0.2) is 29.4 Å². The summed E-state index contributed by atoms with van der Waals surface area (Å²) in [4.78, 5) is 7.43. The van der Waals surface area contributed by atoms with Crippen LogP contribution in [0.3, 0.4) is 0 Å². The number of oxime groups is 1. The first kappa shape index (κ1) is 12.5. The number of nitrogens with zero attached hydrogens (tertiary/aromatic N) is 2. The fourth-order valence-corrected chi connectivity index (χ4v) is 2.66. The quantitative estimate of drug-likeness (QED) is 0.905. The van der Waals surface area contributed by atoms with Crippen molar-refractivity contribution in [1.29, 1.82) is 0 Å². The maximum absolute atomic E-state index is 5.04. The Morgan fingerprint density at radius 2 is 1.95 bits per heavy atom. The van der Waals surface area contributed by atoms with E-state index < -0.39 is 0 Å². The lowest BCUT2D eigenvalue weighted by molar-refractivity contribution is 0.174. The molecule has 19 heavy (non-hydrogen) atoms. The molecule has 0 radical (unpaired) electrons. The van der Waals surface area contributed by atoms with Crippen molar-refractivity contribution < 1.29 is 4.84 Å². The molecule has 1 saturated heterocycles. The normalized spacial score (nSPS) is 21.0. The molecule has 4 nitrogen and oxygen atoms in total. The summed E-state index contributed by atoms with van der Waals surface area (Å²) in [5, 5.41) is 7.67. The summed E-state index contributed by atoms with van der Waals surface area (Å²) in [6, 6.07) is 9.16. The molecule has 1 fully saturated rings. The molecule has 1 aromatic rings. The van der Waals surface area contributed by atoms with Gasteiger partial charge in [0.25, 0.3) is 0 Å². The van der Waals surface area contributed by atoms with Crippen LogP contribution in [0.25, 0.3) is 0 Å². The molecule has 0 aliphatic carbocycles. The maximum atomic E-state index is 5.04. The lowest BCUT2D eigenvalue weighted by Gasteiger charge is -2.30. The van der Waals surface area contributed by atoms with E-state index in [1.54, 1.807) is 0 Å². The van der Waals surface area contributed by atoms with Crippen molar-refractivity contribution in [3.05, 3.63) is 29.8 Å². The topological polar surface area (TPSA) is 36.9 Å². The van der Waals surface area contributed by atoms with E-state index in [2.05, 4.69) is 46.7 Å². The van der Waals surface area contributed by atoms with E-state index >= 15 is 0 Å². The molecule has 0 saturated carbocycles. The Morgan fingerprint density at radius 3 is 2.58 bits per heavy atom. The van der Waals surface area contributed by atoms with Crippen molar-refractivity contribution in [2.45, 2.75) is 25.3 Å². The highest BCUT2D eigenvalue weighted by molar-refractivity contribution is 6.01. The van der Waals surface area contributed by atoms with E-state index in [0.717, 1.165) is 12.1 Å². The summed E-state index contributed by atoms with van der Waals surface area (Å²) in [6.45, 7) is 3.08. The number of benzene rings is 1. The molecule has 102 valence electrons. The number of anilines is 1. The lowest BCUT2D eigenvalue weighted by Crippen LogP contribution is -2.36. The van der Waals surface area contributed by atoms with Gasteiger partial charge < -0.3 is 15.1 Å². The minimum atomic E-state index is 0.606. The summed E-state index contributed by atoms with van der Waals surface area (Å²) in [6.07, 6.45) is 3.36. The Kier molecular flexibility index (Phi) is 3.69. The molecular weight excluding hydrogens is 238 g/mol. The van der Waals surface area contributed by atoms with Gasteiger partial charge in [0.2, 0.25) is 0 Å². The van der Waals surface area contributed by atoms with Crippen molar-refractivity contribution in [3.63, 3.8) is 0 Å². The molecule has 0 amide bonds. The number of rotatable bonds is 3. The predicted molar refractivity (Wildman–Crippen MR) is 77.7 cm³/mol. The van der Waals surface area contributed by atoms with Gasteiger partial charge in [0.1, 0.15) is 6.61 Å². The highest BCUT2D eigenvalue weighted by Gasteiger charge is 2.16. The SMILES string of the molecule is CN1CCC(Nc2ccc(C3=NOCC3)cc2)CC1. The summed E-state index contributed by atoms with van der Waals surface area (Å²) in [5.41, 5.74) is 3.44. The Balaban J connectivity index is 1.60. The summed E-state index contributed by atoms with van der Waals surface area (Å²) in [5.74, 6) is 0. The summed E-state index contributed by atoms with van der Waals surface area (Å²) >= 11 is 0. The second-order valence-electron chi connectivity index (χ2n) is 5.42. The third kappa shape index (κ3) is 3.07. The molecule has 0 unspecified atom stereocenters. The minimum Gasteiger partial charge on any atom is -0.395 e. The van der Waals surface area contributed by atoms with Crippen LogP contribution in [0, 0.1) is 0 Å². The first-order valence-electron chi connectivity index (χ1n) is 7.05. The monoisotopic (exact) mass is 259 g/mol. The van der Waals surface area contributed by atoms with Crippen LogP contribution < -0.4 is 5.32 Å². The van der Waals surface area contributed by atoms with Crippen molar-refractivity contribution in [3.8, 4) is 0 Å². The Hall–Kier alpha value is -1.55. The molecule has 0 bridgehead atoms. The van der Waals surface area contributed by atoms with Crippen molar-refractivity contribution in [2.24, 2.45) is 5.16 Å². The first-order valence-corrected chi connectivity index (χ1v) is 7.05. The number of nitrogens with one attached hydrogen (secondary N) is 1. The largest absolute Gasteiger partial charge is 0.395 e. The van der Waals surface area contributed by atoms with Gasteiger partial charge in [-0.2, -0.15) is 0 Å². The van der Waals surface area contributed by atoms with Gasteiger partial charge in [-0.05, 0) is 50.7 Å². The average molecular weight is 259 g/mol. The molecule has 1 N–H and O–H groups in total. The van der Waals surface area contributed by atoms with Gasteiger partial charge in [0.15, 0.2) is 0 Å². The van der Waals surface area contributed by atoms with E-state index in [0.29, 0.717) is 12.6 Å². The van der Waals surface area contributed by atoms with Gasteiger partial charge in [0.05, 0.1) is 5.71 Å². The molecule has 2 aliphatic heterocycles. The molecule has 2 aliphatic rings. The Bertz CT molecular complexity index is 447. The van der Waals surface area contributed by atoms with E-state index in [1.807, 2.05) is 0 Å². The van der Waals surface area contributed by atoms with Gasteiger partial charge in [-0.3, -0.25) is 0 Å². The van der Waals surface area contributed by atoms with E-state index in [-0.39, 0.29) is 0 Å². The van der Waals surface area contributed by atoms with E-state index in [4.69, 9.17) is 4.84 Å². The zero-order valence-electron chi connectivity index (χ0n) is 11.4. The van der Waals surface area contributed by atoms with Crippen LogP contribution in [0.4, 0.5) is 5.69 Å². The molecule has 2 heterocycles. The molecule has 0 aromatic heterocycles. The molecule has 3 rings (SSSR count). The summed E-state index contributed by atoms with van der Waals surface area (Å²) in [7, 11) is 2.19. The summed E-state index contributed by atoms with van der Waals surface area (Å²) < 4.78 is 0. The number of piperidine rings is 1. The Labute approximate surface area is 114 Å². The number of hydrogen-bond acceptors (Lipinski definition) is 4. The zero-order valence-corrected chi connectivity index (χ0v) is 11.4. The van der Waals surface area contributed by atoms with Crippen LogP contribution in [-0.2, 0) is 4.84 Å². The van der Waals surface area contributed by atoms with Crippen LogP contribution in [0.1, 0.15) is 24.8 Å². The van der Waals surface area contributed by atoms with Crippen molar-refractivity contribution in [2.75, 3.05) is 32.1 Å². The van der Waals surface area contributed by atoms with Crippen LogP contribution >= 0.6 is 0 Å². The first-order chi connectivity index (χ1) is 9.31. The molecule has 0 atom stereocenters. The van der Waals surface area contributed by atoms with Crippen LogP contribution in [0.2, 0.25) is 0 Å². The van der Waals surface area contributed by atoms with Gasteiger partial charge >= 0.3 is 0 Å². The Morgan fingerprint density at radius 1 is 1.21 bits per heavy atom. The van der Waals surface area contributed by atoms with E-state index in [1.165, 1.54) is 37.2 Å². The fraction of sp³-hybridized carbons (Fsp3) is 0.533. The number of likely N-dealkylation sites (tertiary alicyclic amines) is 1. The predicted octanol–water partition coefficient (Wildman–Crippen LogP) is 2.32. The molecule has 1 aromatic carbocycles. The average Bonchev–Trinajstić information content (AvgIpc) is 2.96. The highest BCUT2D eigenvalue weighted by Crippen LogP contribution is 2.18. The zero-order chi connectivity index (χ0) is 13.1. The number of hydrogen-bond donors (Lipinski definition) is 1. The molecule has 4 heteroatoms. The van der Waals surface area contributed by atoms with E-state index in [9.17, 15) is 0 Å². The molecule has 0 spiro atoms. The van der Waals surface area contributed by atoms with Crippen LogP contribution in [0.5, 0.6) is 0 Å².